The van der Waals surface area contributed by atoms with Crippen molar-refractivity contribution in [2.45, 2.75) is 26.8 Å². The van der Waals surface area contributed by atoms with Crippen molar-refractivity contribution in [2.75, 3.05) is 40.4 Å². The van der Waals surface area contributed by atoms with E-state index >= 15 is 0 Å². The molecule has 1 N–H and O–H groups in total. The van der Waals surface area contributed by atoms with Gasteiger partial charge in [0.1, 0.15) is 0 Å². The number of likely N-dealkylation sites (N-methyl/N-ethyl adjacent to an activating group) is 1. The van der Waals surface area contributed by atoms with Crippen LogP contribution in [0.2, 0.25) is 0 Å². The van der Waals surface area contributed by atoms with Crippen LogP contribution in [-0.2, 0) is 17.7 Å². The van der Waals surface area contributed by atoms with Gasteiger partial charge in [-0.2, -0.15) is 10.2 Å². The third-order valence-corrected chi connectivity index (χ3v) is 3.01. The molecule has 0 aliphatic carbocycles. The molecule has 0 fully saturated rings. The number of ether oxygens (including phenoxy) is 1. The molecule has 0 atom stereocenters. The van der Waals surface area contributed by atoms with Gasteiger partial charge in [0.25, 0.3) is 0 Å². The summed E-state index contributed by atoms with van der Waals surface area (Å²) in [7, 11) is 3.85. The second-order valence-corrected chi connectivity index (χ2v) is 4.79. The van der Waals surface area contributed by atoms with Crippen LogP contribution in [0.4, 0.5) is 0 Å². The average molecular weight is 266 g/mol. The van der Waals surface area contributed by atoms with Gasteiger partial charge < -0.3 is 15.0 Å². The first-order valence-corrected chi connectivity index (χ1v) is 6.87. The number of hydrogen-bond donors (Lipinski definition) is 1. The van der Waals surface area contributed by atoms with Crippen molar-refractivity contribution < 1.29 is 4.74 Å². The largest absolute Gasteiger partial charge is 0.383 e. The van der Waals surface area contributed by atoms with E-state index in [0.29, 0.717) is 0 Å². The Hall–Kier alpha value is -1.04. The summed E-state index contributed by atoms with van der Waals surface area (Å²) in [5.74, 6) is 0. The van der Waals surface area contributed by atoms with Crippen LogP contribution < -0.4 is 5.32 Å². The number of methoxy groups -OCH3 is 1. The van der Waals surface area contributed by atoms with E-state index in [2.05, 4.69) is 40.5 Å². The highest BCUT2D eigenvalue weighted by Gasteiger charge is 2.07. The lowest BCUT2D eigenvalue weighted by Gasteiger charge is -2.18. The monoisotopic (exact) mass is 266 g/mol. The van der Waals surface area contributed by atoms with Crippen molar-refractivity contribution in [3.8, 4) is 0 Å². The molecule has 1 aromatic rings. The van der Waals surface area contributed by atoms with E-state index in [-0.39, 0.29) is 0 Å². The van der Waals surface area contributed by atoms with Crippen LogP contribution >= 0.6 is 0 Å². The topological polar surface area (TPSA) is 50.3 Å². The number of nitrogens with zero attached hydrogens (tertiary/aromatic N) is 3. The fourth-order valence-corrected chi connectivity index (χ4v) is 1.94. The lowest BCUT2D eigenvalue weighted by atomic mass is 10.1. The molecular formula is C14H26N4O. The van der Waals surface area contributed by atoms with Gasteiger partial charge in [0.2, 0.25) is 0 Å². The molecule has 0 radical (unpaired) electrons. The van der Waals surface area contributed by atoms with E-state index in [1.807, 2.05) is 6.92 Å². The van der Waals surface area contributed by atoms with Gasteiger partial charge >= 0.3 is 0 Å². The van der Waals surface area contributed by atoms with E-state index < -0.39 is 0 Å². The Morgan fingerprint density at radius 2 is 2.11 bits per heavy atom. The van der Waals surface area contributed by atoms with E-state index in [1.54, 1.807) is 7.11 Å². The van der Waals surface area contributed by atoms with Gasteiger partial charge in [-0.3, -0.25) is 0 Å². The minimum atomic E-state index is 0.761. The average Bonchev–Trinajstić information content (AvgIpc) is 2.39. The number of hydrogen-bond acceptors (Lipinski definition) is 5. The summed E-state index contributed by atoms with van der Waals surface area (Å²) in [4.78, 5) is 2.30. The van der Waals surface area contributed by atoms with Crippen LogP contribution in [0.15, 0.2) is 6.07 Å². The predicted octanol–water partition coefficient (Wildman–Crippen LogP) is 1.02. The lowest BCUT2D eigenvalue weighted by molar-refractivity contribution is 0.197. The fraction of sp³-hybridized carbons (Fsp3) is 0.714. The van der Waals surface area contributed by atoms with Crippen molar-refractivity contribution in [1.29, 1.82) is 0 Å². The molecule has 0 spiro atoms. The smallest absolute Gasteiger partial charge is 0.0673 e. The summed E-state index contributed by atoms with van der Waals surface area (Å²) in [6.07, 6.45) is 0.933. The summed E-state index contributed by atoms with van der Waals surface area (Å²) < 4.78 is 5.00. The van der Waals surface area contributed by atoms with Crippen LogP contribution in [0, 0.1) is 6.92 Å². The first kappa shape index (κ1) is 16.0. The Kier molecular flexibility index (Phi) is 7.55. The molecule has 19 heavy (non-hydrogen) atoms. The molecule has 5 nitrogen and oxygen atoms in total. The summed E-state index contributed by atoms with van der Waals surface area (Å²) in [5, 5.41) is 11.7. The highest BCUT2D eigenvalue weighted by Crippen LogP contribution is 2.09. The molecule has 0 aromatic carbocycles. The second-order valence-electron chi connectivity index (χ2n) is 4.79. The zero-order chi connectivity index (χ0) is 14.1. The van der Waals surface area contributed by atoms with Crippen molar-refractivity contribution in [1.82, 2.24) is 20.4 Å². The molecule has 0 bridgehead atoms. The minimum Gasteiger partial charge on any atom is -0.383 e. The highest BCUT2D eigenvalue weighted by molar-refractivity contribution is 5.20. The number of aromatic nitrogens is 2. The quantitative estimate of drug-likeness (QED) is 0.676. The molecule has 0 unspecified atom stereocenters. The normalized spacial score (nSPS) is 11.2. The number of nitrogens with one attached hydrogen (secondary N) is 1. The zero-order valence-corrected chi connectivity index (χ0v) is 12.6. The van der Waals surface area contributed by atoms with Crippen LogP contribution in [0.5, 0.6) is 0 Å². The van der Waals surface area contributed by atoms with E-state index in [1.165, 1.54) is 5.56 Å². The van der Waals surface area contributed by atoms with Crippen molar-refractivity contribution in [3.05, 3.63) is 23.0 Å². The summed E-state index contributed by atoms with van der Waals surface area (Å²) in [6.45, 7) is 8.67. The standard InChI is InChI=1S/C14H26N4O/c1-5-14-13(10-12(2)16-17-14)11-18(3)8-6-15-7-9-19-4/h10,15H,5-9,11H2,1-4H3. The minimum absolute atomic E-state index is 0.761. The Morgan fingerprint density at radius 3 is 2.79 bits per heavy atom. The van der Waals surface area contributed by atoms with Crippen molar-refractivity contribution >= 4 is 0 Å². The predicted molar refractivity (Wildman–Crippen MR) is 77.2 cm³/mol. The molecule has 1 aromatic heterocycles. The Balaban J connectivity index is 2.39. The summed E-state index contributed by atoms with van der Waals surface area (Å²) >= 11 is 0. The van der Waals surface area contributed by atoms with Gasteiger partial charge in [-0.15, -0.1) is 0 Å². The van der Waals surface area contributed by atoms with Gasteiger partial charge in [0.05, 0.1) is 18.0 Å². The maximum atomic E-state index is 5.00. The molecule has 108 valence electrons. The maximum absolute atomic E-state index is 5.00. The second kappa shape index (κ2) is 8.96. The zero-order valence-electron chi connectivity index (χ0n) is 12.6. The van der Waals surface area contributed by atoms with E-state index in [9.17, 15) is 0 Å². The van der Waals surface area contributed by atoms with Crippen molar-refractivity contribution in [3.63, 3.8) is 0 Å². The first-order chi connectivity index (χ1) is 9.17. The third-order valence-electron chi connectivity index (χ3n) is 3.01. The van der Waals surface area contributed by atoms with Gasteiger partial charge in [0.15, 0.2) is 0 Å². The number of rotatable bonds is 9. The first-order valence-electron chi connectivity index (χ1n) is 6.87. The summed E-state index contributed by atoms with van der Waals surface area (Å²) in [5.41, 5.74) is 3.37. The van der Waals surface area contributed by atoms with Crippen LogP contribution in [0.25, 0.3) is 0 Å². The van der Waals surface area contributed by atoms with E-state index in [4.69, 9.17) is 4.74 Å². The molecule has 0 amide bonds. The lowest BCUT2D eigenvalue weighted by Crippen LogP contribution is -2.31. The van der Waals surface area contributed by atoms with Crippen LogP contribution in [0.3, 0.4) is 0 Å². The van der Waals surface area contributed by atoms with Gasteiger partial charge in [0, 0.05) is 33.3 Å². The number of aryl methyl sites for hydroxylation is 2. The molecule has 0 aliphatic rings. The SMILES string of the molecule is CCc1nnc(C)cc1CN(C)CCNCCOC. The third kappa shape index (κ3) is 6.09. The van der Waals surface area contributed by atoms with Gasteiger partial charge in [-0.1, -0.05) is 6.92 Å². The molecule has 0 saturated carbocycles. The Bertz CT molecular complexity index is 370. The Morgan fingerprint density at radius 1 is 1.32 bits per heavy atom. The van der Waals surface area contributed by atoms with Crippen LogP contribution in [0.1, 0.15) is 23.9 Å². The highest BCUT2D eigenvalue weighted by atomic mass is 16.5. The maximum Gasteiger partial charge on any atom is 0.0673 e. The summed E-state index contributed by atoms with van der Waals surface area (Å²) in [6, 6.07) is 2.14. The van der Waals surface area contributed by atoms with Crippen LogP contribution in [-0.4, -0.2) is 55.5 Å². The Labute approximate surface area is 116 Å². The van der Waals surface area contributed by atoms with Gasteiger partial charge in [-0.25, -0.2) is 0 Å². The fourth-order valence-electron chi connectivity index (χ4n) is 1.94. The van der Waals surface area contributed by atoms with Gasteiger partial charge in [-0.05, 0) is 32.0 Å². The molecule has 5 heteroatoms. The van der Waals surface area contributed by atoms with Crippen molar-refractivity contribution in [2.24, 2.45) is 0 Å². The molecular weight excluding hydrogens is 240 g/mol. The molecule has 0 saturated heterocycles. The molecule has 1 heterocycles. The molecule has 0 aliphatic heterocycles. The van der Waals surface area contributed by atoms with E-state index in [0.717, 1.165) is 50.6 Å². The molecule has 1 rings (SSSR count).